The molecule has 1 aliphatic rings. The standard InChI is InChI=1S/C24H26FN5O3/c1-15-10-21(31)23(28-30(15)20-7-5-4-6-19(20)25)24(32)27-12-18-8-9-22(26-11-18)29-13-16(2)33-17(3)14-29/h4-11,16-17H,12-14H2,1-3H3,(H,27,32). The van der Waals surface area contributed by atoms with E-state index in [1.165, 1.54) is 22.9 Å². The fraction of sp³-hybridized carbons (Fsp3) is 0.333. The fourth-order valence-electron chi connectivity index (χ4n) is 3.91. The topological polar surface area (TPSA) is 89.3 Å². The maximum Gasteiger partial charge on any atom is 0.276 e. The van der Waals surface area contributed by atoms with Crippen molar-refractivity contribution in [3.63, 3.8) is 0 Å². The Hall–Kier alpha value is -3.59. The van der Waals surface area contributed by atoms with E-state index in [-0.39, 0.29) is 30.1 Å². The SMILES string of the molecule is Cc1cc(=O)c(C(=O)NCc2ccc(N3CC(C)OC(C)C3)nc2)nn1-c1ccccc1F. The number of pyridine rings is 1. The first kappa shape index (κ1) is 22.6. The normalized spacial score (nSPS) is 18.2. The molecule has 1 amide bonds. The van der Waals surface area contributed by atoms with Gasteiger partial charge in [-0.2, -0.15) is 5.10 Å². The number of nitrogens with zero attached hydrogens (tertiary/aromatic N) is 4. The third-order valence-electron chi connectivity index (χ3n) is 5.41. The first-order chi connectivity index (χ1) is 15.8. The summed E-state index contributed by atoms with van der Waals surface area (Å²) in [6, 6.07) is 11.1. The number of ether oxygens (including phenoxy) is 1. The smallest absolute Gasteiger partial charge is 0.276 e. The Kier molecular flexibility index (Phi) is 6.50. The molecule has 2 unspecified atom stereocenters. The number of aryl methyl sites for hydroxylation is 1. The summed E-state index contributed by atoms with van der Waals surface area (Å²) in [6.07, 6.45) is 1.95. The van der Waals surface area contributed by atoms with E-state index in [1.807, 2.05) is 26.0 Å². The van der Waals surface area contributed by atoms with Gasteiger partial charge in [0.1, 0.15) is 17.3 Å². The monoisotopic (exact) mass is 451 g/mol. The summed E-state index contributed by atoms with van der Waals surface area (Å²) in [5.41, 5.74) is 0.540. The summed E-state index contributed by atoms with van der Waals surface area (Å²) >= 11 is 0. The van der Waals surface area contributed by atoms with E-state index in [4.69, 9.17) is 4.74 Å². The average Bonchev–Trinajstić information content (AvgIpc) is 2.78. The van der Waals surface area contributed by atoms with Crippen LogP contribution in [0.15, 0.2) is 53.5 Å². The third kappa shape index (κ3) is 5.09. The first-order valence-electron chi connectivity index (χ1n) is 10.8. The Labute approximate surface area is 191 Å². The Morgan fingerprint density at radius 1 is 1.18 bits per heavy atom. The predicted octanol–water partition coefficient (Wildman–Crippen LogP) is 2.62. The maximum absolute atomic E-state index is 14.2. The highest BCUT2D eigenvalue weighted by Gasteiger charge is 2.23. The second kappa shape index (κ2) is 9.50. The minimum atomic E-state index is -0.634. The molecule has 1 fully saturated rings. The van der Waals surface area contributed by atoms with Crippen LogP contribution < -0.4 is 15.6 Å². The van der Waals surface area contributed by atoms with Gasteiger partial charge in [-0.3, -0.25) is 9.59 Å². The summed E-state index contributed by atoms with van der Waals surface area (Å²) in [5.74, 6) is -0.289. The highest BCUT2D eigenvalue weighted by atomic mass is 19.1. The summed E-state index contributed by atoms with van der Waals surface area (Å²) in [7, 11) is 0. The zero-order valence-electron chi connectivity index (χ0n) is 18.8. The molecule has 172 valence electrons. The quantitative estimate of drug-likeness (QED) is 0.642. The van der Waals surface area contributed by atoms with Crippen molar-refractivity contribution in [1.82, 2.24) is 20.1 Å². The number of carbonyl (C=O) groups excluding carboxylic acids is 1. The van der Waals surface area contributed by atoms with Crippen LogP contribution in [0.25, 0.3) is 5.69 Å². The zero-order chi connectivity index (χ0) is 23.5. The summed E-state index contributed by atoms with van der Waals surface area (Å²) in [4.78, 5) is 31.7. The highest BCUT2D eigenvalue weighted by molar-refractivity contribution is 5.92. The van der Waals surface area contributed by atoms with Crippen LogP contribution >= 0.6 is 0 Å². The molecule has 8 nitrogen and oxygen atoms in total. The van der Waals surface area contributed by atoms with Crippen molar-refractivity contribution in [2.75, 3.05) is 18.0 Å². The van der Waals surface area contributed by atoms with E-state index in [0.717, 1.165) is 24.5 Å². The molecule has 2 atom stereocenters. The van der Waals surface area contributed by atoms with Gasteiger partial charge in [0.15, 0.2) is 5.69 Å². The van der Waals surface area contributed by atoms with E-state index < -0.39 is 17.2 Å². The van der Waals surface area contributed by atoms with Gasteiger partial charge in [0.25, 0.3) is 5.91 Å². The molecule has 0 radical (unpaired) electrons. The molecule has 0 spiro atoms. The van der Waals surface area contributed by atoms with Crippen LogP contribution in [0.2, 0.25) is 0 Å². The van der Waals surface area contributed by atoms with Gasteiger partial charge < -0.3 is 15.0 Å². The molecule has 2 aromatic heterocycles. The van der Waals surface area contributed by atoms with Crippen LogP contribution in [-0.4, -0.2) is 46.0 Å². The lowest BCUT2D eigenvalue weighted by Gasteiger charge is -2.36. The van der Waals surface area contributed by atoms with E-state index in [1.54, 1.807) is 25.3 Å². The molecule has 1 aliphatic heterocycles. The van der Waals surface area contributed by atoms with E-state index >= 15 is 0 Å². The van der Waals surface area contributed by atoms with Crippen molar-refractivity contribution >= 4 is 11.7 Å². The fourth-order valence-corrected chi connectivity index (χ4v) is 3.91. The number of amides is 1. The molecule has 1 saturated heterocycles. The van der Waals surface area contributed by atoms with Gasteiger partial charge in [-0.1, -0.05) is 18.2 Å². The number of benzene rings is 1. The number of aromatic nitrogens is 3. The van der Waals surface area contributed by atoms with Gasteiger partial charge in [0.2, 0.25) is 5.43 Å². The van der Waals surface area contributed by atoms with Gasteiger partial charge >= 0.3 is 0 Å². The molecular formula is C24H26FN5O3. The van der Waals surface area contributed by atoms with Crippen LogP contribution in [0.4, 0.5) is 10.2 Å². The summed E-state index contributed by atoms with van der Waals surface area (Å²) in [6.45, 7) is 7.40. The number of anilines is 1. The Morgan fingerprint density at radius 2 is 1.91 bits per heavy atom. The molecule has 33 heavy (non-hydrogen) atoms. The molecule has 1 aromatic carbocycles. The Balaban J connectivity index is 1.46. The van der Waals surface area contributed by atoms with Gasteiger partial charge in [-0.25, -0.2) is 14.1 Å². The number of carbonyl (C=O) groups is 1. The van der Waals surface area contributed by atoms with Gasteiger partial charge in [0, 0.05) is 37.6 Å². The summed E-state index contributed by atoms with van der Waals surface area (Å²) < 4.78 is 21.2. The van der Waals surface area contributed by atoms with Crippen LogP contribution in [0.3, 0.4) is 0 Å². The van der Waals surface area contributed by atoms with Crippen molar-refractivity contribution in [3.05, 3.63) is 81.7 Å². The maximum atomic E-state index is 14.2. The molecule has 3 aromatic rings. The van der Waals surface area contributed by atoms with Crippen molar-refractivity contribution in [2.24, 2.45) is 0 Å². The molecule has 0 bridgehead atoms. The number of hydrogen-bond donors (Lipinski definition) is 1. The minimum absolute atomic E-state index is 0.130. The number of para-hydroxylation sites is 1. The van der Waals surface area contributed by atoms with Crippen LogP contribution in [0.1, 0.15) is 35.6 Å². The average molecular weight is 452 g/mol. The lowest BCUT2D eigenvalue weighted by atomic mass is 10.2. The van der Waals surface area contributed by atoms with E-state index in [9.17, 15) is 14.0 Å². The second-order valence-corrected chi connectivity index (χ2v) is 8.23. The molecule has 0 aliphatic carbocycles. The van der Waals surface area contributed by atoms with Gasteiger partial charge in [-0.15, -0.1) is 0 Å². The predicted molar refractivity (Wildman–Crippen MR) is 122 cm³/mol. The molecular weight excluding hydrogens is 425 g/mol. The third-order valence-corrected chi connectivity index (χ3v) is 5.41. The van der Waals surface area contributed by atoms with E-state index in [2.05, 4.69) is 20.3 Å². The number of halogens is 1. The molecule has 0 saturated carbocycles. The zero-order valence-corrected chi connectivity index (χ0v) is 18.8. The number of rotatable bonds is 5. The molecule has 1 N–H and O–H groups in total. The summed E-state index contributed by atoms with van der Waals surface area (Å²) in [5, 5.41) is 6.82. The van der Waals surface area contributed by atoms with Gasteiger partial charge in [-0.05, 0) is 44.5 Å². The number of hydrogen-bond acceptors (Lipinski definition) is 6. The van der Waals surface area contributed by atoms with Crippen molar-refractivity contribution < 1.29 is 13.9 Å². The van der Waals surface area contributed by atoms with Crippen LogP contribution in [0, 0.1) is 12.7 Å². The van der Waals surface area contributed by atoms with Crippen LogP contribution in [-0.2, 0) is 11.3 Å². The van der Waals surface area contributed by atoms with Gasteiger partial charge in [0.05, 0.1) is 12.2 Å². The molecule has 9 heteroatoms. The number of morpholine rings is 1. The van der Waals surface area contributed by atoms with Crippen molar-refractivity contribution in [2.45, 2.75) is 39.5 Å². The number of nitrogens with one attached hydrogen (secondary N) is 1. The van der Waals surface area contributed by atoms with E-state index in [0.29, 0.717) is 5.69 Å². The Bertz CT molecular complexity index is 1200. The van der Waals surface area contributed by atoms with Crippen LogP contribution in [0.5, 0.6) is 0 Å². The van der Waals surface area contributed by atoms with Crippen molar-refractivity contribution in [1.29, 1.82) is 0 Å². The highest BCUT2D eigenvalue weighted by Crippen LogP contribution is 2.18. The lowest BCUT2D eigenvalue weighted by Crippen LogP contribution is -2.45. The molecule has 3 heterocycles. The first-order valence-corrected chi connectivity index (χ1v) is 10.8. The second-order valence-electron chi connectivity index (χ2n) is 8.23. The molecule has 4 rings (SSSR count). The lowest BCUT2D eigenvalue weighted by molar-refractivity contribution is -0.00546. The largest absolute Gasteiger partial charge is 0.372 e. The van der Waals surface area contributed by atoms with Crippen molar-refractivity contribution in [3.8, 4) is 5.69 Å². The Morgan fingerprint density at radius 3 is 2.58 bits per heavy atom. The minimum Gasteiger partial charge on any atom is -0.372 e.